The van der Waals surface area contributed by atoms with Gasteiger partial charge in [-0.1, -0.05) is 41.7 Å². The maximum atomic E-state index is 13.0. The van der Waals surface area contributed by atoms with Crippen LogP contribution in [0.3, 0.4) is 0 Å². The van der Waals surface area contributed by atoms with Crippen LogP contribution in [0.25, 0.3) is 0 Å². The lowest BCUT2D eigenvalue weighted by molar-refractivity contribution is -0.128. The molecular weight excluding hydrogens is 467 g/mol. The highest BCUT2D eigenvalue weighted by Gasteiger charge is 2.34. The molecule has 3 aromatic rings. The van der Waals surface area contributed by atoms with Gasteiger partial charge in [-0.2, -0.15) is 0 Å². The Kier molecular flexibility index (Phi) is 6.80. The van der Waals surface area contributed by atoms with Gasteiger partial charge in [-0.15, -0.1) is 10.2 Å². The average Bonchev–Trinajstić information content (AvgIpc) is 3.39. The van der Waals surface area contributed by atoms with E-state index >= 15 is 0 Å². The molecule has 1 N–H and O–H groups in total. The van der Waals surface area contributed by atoms with Gasteiger partial charge in [-0.05, 0) is 36.2 Å². The number of likely N-dealkylation sites (tertiary alicyclic amines) is 1. The van der Waals surface area contributed by atoms with Crippen LogP contribution in [0, 0.1) is 11.7 Å². The van der Waals surface area contributed by atoms with Crippen LogP contribution in [0.4, 0.5) is 9.52 Å². The lowest BCUT2D eigenvalue weighted by atomic mass is 10.1. The quantitative estimate of drug-likeness (QED) is 0.522. The van der Waals surface area contributed by atoms with Crippen molar-refractivity contribution in [2.45, 2.75) is 23.5 Å². The van der Waals surface area contributed by atoms with Crippen molar-refractivity contribution in [3.63, 3.8) is 0 Å². The van der Waals surface area contributed by atoms with Crippen LogP contribution in [-0.2, 0) is 31.6 Å². The van der Waals surface area contributed by atoms with Crippen LogP contribution in [-0.4, -0.2) is 48.4 Å². The molecule has 0 radical (unpaired) electrons. The van der Waals surface area contributed by atoms with E-state index in [2.05, 4.69) is 15.5 Å². The van der Waals surface area contributed by atoms with Crippen molar-refractivity contribution in [3.05, 3.63) is 71.0 Å². The molecule has 8 nitrogen and oxygen atoms in total. The van der Waals surface area contributed by atoms with Gasteiger partial charge in [0.15, 0.2) is 9.84 Å². The van der Waals surface area contributed by atoms with Crippen molar-refractivity contribution in [2.24, 2.45) is 5.92 Å². The molecule has 1 aliphatic heterocycles. The van der Waals surface area contributed by atoms with E-state index in [0.29, 0.717) is 13.0 Å². The fraction of sp³-hybridized carbons (Fsp3) is 0.273. The molecular formula is C22H21FN4O4S2. The topological polar surface area (TPSA) is 109 Å². The minimum atomic E-state index is -3.57. The van der Waals surface area contributed by atoms with Crippen molar-refractivity contribution in [3.8, 4) is 0 Å². The highest BCUT2D eigenvalue weighted by molar-refractivity contribution is 7.90. The van der Waals surface area contributed by atoms with Crippen molar-refractivity contribution in [2.75, 3.05) is 18.4 Å². The zero-order chi connectivity index (χ0) is 23.4. The second-order valence-corrected chi connectivity index (χ2v) is 10.7. The number of nitrogens with one attached hydrogen (secondary N) is 1. The van der Waals surface area contributed by atoms with Crippen molar-refractivity contribution < 1.29 is 22.4 Å². The lowest BCUT2D eigenvalue weighted by Gasteiger charge is -2.16. The van der Waals surface area contributed by atoms with Gasteiger partial charge in [-0.3, -0.25) is 9.59 Å². The van der Waals surface area contributed by atoms with Crippen LogP contribution in [0.15, 0.2) is 59.5 Å². The highest BCUT2D eigenvalue weighted by Crippen LogP contribution is 2.24. The summed E-state index contributed by atoms with van der Waals surface area (Å²) in [5, 5.41) is 10.8. The molecule has 33 heavy (non-hydrogen) atoms. The van der Waals surface area contributed by atoms with E-state index in [1.807, 2.05) is 0 Å². The summed E-state index contributed by atoms with van der Waals surface area (Å²) in [5.74, 6) is -1.65. The first-order valence-electron chi connectivity index (χ1n) is 10.2. The largest absolute Gasteiger partial charge is 0.342 e. The van der Waals surface area contributed by atoms with Gasteiger partial charge < -0.3 is 10.2 Å². The monoisotopic (exact) mass is 488 g/mol. The number of nitrogens with zero attached hydrogens (tertiary/aromatic N) is 3. The molecule has 1 unspecified atom stereocenters. The number of amides is 2. The first kappa shape index (κ1) is 23.0. The maximum absolute atomic E-state index is 13.0. The fourth-order valence-corrected chi connectivity index (χ4v) is 5.88. The number of halogens is 1. The van der Waals surface area contributed by atoms with Crippen LogP contribution >= 0.6 is 11.3 Å². The molecule has 1 aromatic heterocycles. The summed E-state index contributed by atoms with van der Waals surface area (Å²) in [6.07, 6.45) is 0.652. The number of aromatic nitrogens is 2. The van der Waals surface area contributed by atoms with Crippen molar-refractivity contribution >= 4 is 38.1 Å². The Labute approximate surface area is 194 Å². The molecule has 2 heterocycles. The Balaban J connectivity index is 1.31. The summed E-state index contributed by atoms with van der Waals surface area (Å²) in [7, 11) is -3.57. The normalized spacial score (nSPS) is 16.2. The molecule has 0 saturated carbocycles. The Morgan fingerprint density at radius 3 is 2.58 bits per heavy atom. The number of rotatable bonds is 8. The van der Waals surface area contributed by atoms with Crippen molar-refractivity contribution in [1.82, 2.24) is 15.1 Å². The predicted octanol–water partition coefficient (Wildman–Crippen LogP) is 2.68. The first-order valence-corrected chi connectivity index (χ1v) is 12.7. The summed E-state index contributed by atoms with van der Waals surface area (Å²) in [6.45, 7) is 0.717. The van der Waals surface area contributed by atoms with E-state index in [9.17, 15) is 22.4 Å². The Morgan fingerprint density at radius 1 is 1.12 bits per heavy atom. The molecule has 4 rings (SSSR count). The molecule has 11 heteroatoms. The molecule has 1 saturated heterocycles. The molecule has 2 amide bonds. The van der Waals surface area contributed by atoms with Gasteiger partial charge in [0.1, 0.15) is 16.6 Å². The number of hydrogen-bond donors (Lipinski definition) is 1. The highest BCUT2D eigenvalue weighted by atomic mass is 32.2. The molecule has 1 atom stereocenters. The van der Waals surface area contributed by atoms with Crippen LogP contribution in [0.2, 0.25) is 0 Å². The van der Waals surface area contributed by atoms with Gasteiger partial charge >= 0.3 is 0 Å². The number of carbonyl (C=O) groups is 2. The van der Waals surface area contributed by atoms with Gasteiger partial charge in [0, 0.05) is 19.5 Å². The Hall–Kier alpha value is -3.18. The third kappa shape index (κ3) is 5.79. The number of anilines is 1. The molecule has 0 spiro atoms. The number of benzene rings is 2. The minimum absolute atomic E-state index is 0.0866. The predicted molar refractivity (Wildman–Crippen MR) is 121 cm³/mol. The zero-order valence-corrected chi connectivity index (χ0v) is 19.1. The third-order valence-corrected chi connectivity index (χ3v) is 7.95. The van der Waals surface area contributed by atoms with Gasteiger partial charge in [-0.25, -0.2) is 12.8 Å². The SMILES string of the molecule is O=C(Nc1nnc(CS(=O)(=O)c2ccccc2)s1)C1CC(=O)N(CCc2ccc(F)cc2)C1. The van der Waals surface area contributed by atoms with E-state index in [1.54, 1.807) is 35.2 Å². The van der Waals surface area contributed by atoms with E-state index in [1.165, 1.54) is 24.3 Å². The van der Waals surface area contributed by atoms with Crippen LogP contribution < -0.4 is 5.32 Å². The number of hydrogen-bond acceptors (Lipinski definition) is 7. The van der Waals surface area contributed by atoms with Crippen LogP contribution in [0.5, 0.6) is 0 Å². The summed E-state index contributed by atoms with van der Waals surface area (Å²) < 4.78 is 38.0. The summed E-state index contributed by atoms with van der Waals surface area (Å²) in [6, 6.07) is 14.1. The molecule has 1 aliphatic rings. The van der Waals surface area contributed by atoms with E-state index in [-0.39, 0.29) is 51.4 Å². The first-order chi connectivity index (χ1) is 15.8. The molecule has 1 fully saturated rings. The molecule has 0 aliphatic carbocycles. The van der Waals surface area contributed by atoms with Gasteiger partial charge in [0.25, 0.3) is 0 Å². The molecule has 0 bridgehead atoms. The Bertz CT molecular complexity index is 1250. The van der Waals surface area contributed by atoms with Crippen LogP contribution in [0.1, 0.15) is 17.0 Å². The van der Waals surface area contributed by atoms with E-state index in [4.69, 9.17) is 0 Å². The van der Waals surface area contributed by atoms with Gasteiger partial charge in [0.05, 0.1) is 10.8 Å². The van der Waals surface area contributed by atoms with E-state index < -0.39 is 15.8 Å². The number of sulfone groups is 1. The molecule has 172 valence electrons. The average molecular weight is 489 g/mol. The maximum Gasteiger partial charge on any atom is 0.231 e. The summed E-state index contributed by atoms with van der Waals surface area (Å²) >= 11 is 0.989. The minimum Gasteiger partial charge on any atom is -0.342 e. The fourth-order valence-electron chi connectivity index (χ4n) is 3.52. The standard InChI is InChI=1S/C22H21FN4O4S2/c23-17-8-6-15(7-9-17)10-11-27-13-16(12-20(27)28)21(29)24-22-26-25-19(32-22)14-33(30,31)18-4-2-1-3-5-18/h1-9,16H,10-14H2,(H,24,26,29). The summed E-state index contributed by atoms with van der Waals surface area (Å²) in [5.41, 5.74) is 0.906. The summed E-state index contributed by atoms with van der Waals surface area (Å²) in [4.78, 5) is 26.7. The smallest absolute Gasteiger partial charge is 0.231 e. The number of carbonyl (C=O) groups excluding carboxylic acids is 2. The van der Waals surface area contributed by atoms with Crippen molar-refractivity contribution in [1.29, 1.82) is 0 Å². The lowest BCUT2D eigenvalue weighted by Crippen LogP contribution is -2.30. The third-order valence-electron chi connectivity index (χ3n) is 5.28. The van der Waals surface area contributed by atoms with Gasteiger partial charge in [0.2, 0.25) is 16.9 Å². The molecule has 2 aromatic carbocycles. The van der Waals surface area contributed by atoms with E-state index in [0.717, 1.165) is 16.9 Å². The zero-order valence-electron chi connectivity index (χ0n) is 17.5. The second kappa shape index (κ2) is 9.75. The Morgan fingerprint density at radius 2 is 1.85 bits per heavy atom. The second-order valence-electron chi connectivity index (χ2n) is 7.68.